The maximum Gasteiger partial charge on any atom is -0.147 e. The van der Waals surface area contributed by atoms with Gasteiger partial charge in [-0.25, -0.2) is 0 Å². The van der Waals surface area contributed by atoms with Crippen LogP contribution in [0.2, 0.25) is 9.26 Å². The van der Waals surface area contributed by atoms with Crippen LogP contribution in [0.1, 0.15) is 56.2 Å². The molecule has 2 aliphatic rings. The fourth-order valence-electron chi connectivity index (χ4n) is 9.15. The topological polar surface area (TPSA) is 0 Å². The molecule has 5 aromatic carbocycles. The Morgan fingerprint density at radius 1 is 0.548 bits per heavy atom. The molecule has 5 aromatic rings. The van der Waals surface area contributed by atoms with Crippen LogP contribution in [-0.2, 0) is 15.9 Å². The molecule has 0 radical (unpaired) electrons. The van der Waals surface area contributed by atoms with Gasteiger partial charge in [0.05, 0.1) is 0 Å². The molecule has 0 amide bonds. The van der Waals surface area contributed by atoms with Crippen LogP contribution in [-0.4, -0.2) is 6.88 Å². The van der Waals surface area contributed by atoms with Crippen molar-refractivity contribution in [3.05, 3.63) is 137 Å². The summed E-state index contributed by atoms with van der Waals surface area (Å²) in [6.45, 7) is 7.25. The fraction of sp³-hybridized carbons (Fsp3) is 0.211. The van der Waals surface area contributed by atoms with Gasteiger partial charge in [-0.05, 0) is 0 Å². The molecule has 4 heteroatoms. The second kappa shape index (κ2) is 10.4. The van der Waals surface area contributed by atoms with Crippen LogP contribution in [0.15, 0.2) is 114 Å². The van der Waals surface area contributed by atoms with Crippen molar-refractivity contribution in [1.29, 1.82) is 0 Å². The van der Waals surface area contributed by atoms with Crippen LogP contribution in [0.3, 0.4) is 0 Å². The van der Waals surface area contributed by atoms with Crippen molar-refractivity contribution < 1.29 is 15.9 Å². The summed E-state index contributed by atoms with van der Waals surface area (Å²) in [4.78, 5) is 0. The molecule has 7 rings (SSSR count). The summed E-state index contributed by atoms with van der Waals surface area (Å²) in [6, 6.07) is 39.5. The summed E-state index contributed by atoms with van der Waals surface area (Å²) >= 11 is -4.76. The molecule has 0 aliphatic heterocycles. The Morgan fingerprint density at radius 3 is 1.38 bits per heavy atom. The molecular formula is C38H41Cl2SiZr. The first-order chi connectivity index (χ1) is 19.2. The van der Waals surface area contributed by atoms with Gasteiger partial charge in [-0.15, -0.1) is 24.8 Å². The van der Waals surface area contributed by atoms with Crippen LogP contribution < -0.4 is 3.27 Å². The average Bonchev–Trinajstić information content (AvgIpc) is 3.59. The van der Waals surface area contributed by atoms with E-state index in [-0.39, 0.29) is 24.8 Å². The van der Waals surface area contributed by atoms with Gasteiger partial charge in [0, 0.05) is 0 Å². The van der Waals surface area contributed by atoms with E-state index in [0.29, 0.717) is 7.25 Å². The third-order valence-corrected chi connectivity index (χ3v) is 38.4. The van der Waals surface area contributed by atoms with Crippen LogP contribution in [0, 0.1) is 0 Å². The van der Waals surface area contributed by atoms with Crippen molar-refractivity contribution in [1.82, 2.24) is 0 Å². The monoisotopic (exact) mass is 685 g/mol. The van der Waals surface area contributed by atoms with Crippen LogP contribution in [0.5, 0.6) is 0 Å². The molecule has 0 bridgehead atoms. The second-order valence-corrected chi connectivity index (χ2v) is 52.6. The Labute approximate surface area is 262 Å². The first kappa shape index (κ1) is 31.2. The van der Waals surface area contributed by atoms with E-state index in [4.69, 9.17) is 0 Å². The van der Waals surface area contributed by atoms with Gasteiger partial charge in [0.2, 0.25) is 0 Å². The standard InChI is InChI=1S/2C15H13.C6H5.2CH3.2ClH.H2Si.Zr/c2*1-2-11-9-13-8-7-12-5-3-4-6-14(12)15(13)10-11;1-2-4-6-5-3-1;;;;;;/h2*3-10H,2H2,1H3;1-5H;2*1H3;2*1H;1H2;. The average molecular weight is 688 g/mol. The fourth-order valence-corrected chi connectivity index (χ4v) is 37.4. The zero-order valence-electron chi connectivity index (χ0n) is 25.1. The minimum Gasteiger partial charge on any atom is -0.147 e. The molecule has 0 heterocycles. The molecule has 215 valence electrons. The second-order valence-electron chi connectivity index (χ2n) is 13.9. The minimum absolute atomic E-state index is 0. The van der Waals surface area contributed by atoms with Crippen molar-refractivity contribution >= 4 is 68.7 Å². The van der Waals surface area contributed by atoms with Gasteiger partial charge in [0.25, 0.3) is 0 Å². The molecule has 0 fully saturated rings. The number of rotatable bonds is 5. The Bertz CT molecular complexity index is 1890. The largest absolute Gasteiger partial charge is 0.147 e. The number of allylic oxidation sites excluding steroid dienone is 2. The Morgan fingerprint density at radius 2 is 0.952 bits per heavy atom. The van der Waals surface area contributed by atoms with E-state index in [2.05, 4.69) is 145 Å². The van der Waals surface area contributed by atoms with E-state index >= 15 is 0 Å². The molecule has 42 heavy (non-hydrogen) atoms. The maximum absolute atomic E-state index is 4.76. The molecule has 2 unspecified atom stereocenters. The summed E-state index contributed by atoms with van der Waals surface area (Å²) in [5.41, 5.74) is 9.28. The SMILES string of the molecule is CCC1=Cc2ccc3ccccc3c2[CH]1[Zr]([CH3])([CH3])(=[SiH2])([c]1ccccc1)[CH]1C(CC)=Cc2ccc3ccccc3c21.Cl.Cl. The predicted molar refractivity (Wildman–Crippen MR) is 191 cm³/mol. The normalized spacial score (nSPS) is 19.0. The van der Waals surface area contributed by atoms with Gasteiger partial charge in [0.15, 0.2) is 0 Å². The zero-order chi connectivity index (χ0) is 27.8. The molecule has 0 nitrogen and oxygen atoms in total. The minimum atomic E-state index is -4.76. The van der Waals surface area contributed by atoms with E-state index in [1.165, 1.54) is 32.7 Å². The Hall–Kier alpha value is -2.22. The van der Waals surface area contributed by atoms with Gasteiger partial charge in [-0.1, -0.05) is 0 Å². The van der Waals surface area contributed by atoms with E-state index < -0.39 is 15.9 Å². The summed E-state index contributed by atoms with van der Waals surface area (Å²) in [5, 5.41) is 5.59. The van der Waals surface area contributed by atoms with Crippen molar-refractivity contribution in [2.45, 2.75) is 43.2 Å². The molecule has 2 atom stereocenters. The van der Waals surface area contributed by atoms with Crippen molar-refractivity contribution in [2.24, 2.45) is 0 Å². The van der Waals surface area contributed by atoms with Gasteiger partial charge < -0.3 is 0 Å². The van der Waals surface area contributed by atoms with E-state index in [1.54, 1.807) is 25.5 Å². The number of halogens is 2. The molecule has 0 aromatic heterocycles. The molecule has 0 saturated carbocycles. The third-order valence-electron chi connectivity index (χ3n) is 10.9. The van der Waals surface area contributed by atoms with Crippen LogP contribution in [0.25, 0.3) is 33.7 Å². The quantitative estimate of drug-likeness (QED) is 0.161. The van der Waals surface area contributed by atoms with Crippen molar-refractivity contribution in [3.8, 4) is 0 Å². The third kappa shape index (κ3) is 4.09. The van der Waals surface area contributed by atoms with E-state index in [0.717, 1.165) is 12.8 Å². The number of hydrogen-bond donors (Lipinski definition) is 0. The van der Waals surface area contributed by atoms with E-state index in [1.807, 2.05) is 0 Å². The molecule has 0 spiro atoms. The molecule has 0 N–H and O–H groups in total. The van der Waals surface area contributed by atoms with E-state index in [9.17, 15) is 0 Å². The summed E-state index contributed by atoms with van der Waals surface area (Å²) in [6.07, 6.45) is 7.29. The van der Waals surface area contributed by atoms with Crippen molar-refractivity contribution in [3.63, 3.8) is 0 Å². The van der Waals surface area contributed by atoms with Gasteiger partial charge in [0.1, 0.15) is 0 Å². The number of hydrogen-bond acceptors (Lipinski definition) is 0. The first-order valence-electron chi connectivity index (χ1n) is 15.0. The number of benzene rings is 5. The Balaban J connectivity index is 0.00000176. The van der Waals surface area contributed by atoms with Crippen LogP contribution >= 0.6 is 24.8 Å². The summed E-state index contributed by atoms with van der Waals surface area (Å²) in [5.74, 6) is 0. The summed E-state index contributed by atoms with van der Waals surface area (Å²) in [7, 11) is 0. The molecule has 0 saturated heterocycles. The van der Waals surface area contributed by atoms with Gasteiger partial charge in [-0.2, -0.15) is 0 Å². The summed E-state index contributed by atoms with van der Waals surface area (Å²) < 4.78 is 8.06. The molecular weight excluding hydrogens is 647 g/mol. The first-order valence-corrected chi connectivity index (χ1v) is 29.9. The number of fused-ring (bicyclic) bond motifs is 6. The maximum atomic E-state index is 2.82. The van der Waals surface area contributed by atoms with Gasteiger partial charge >= 0.3 is 239 Å². The zero-order valence-corrected chi connectivity index (χ0v) is 30.6. The van der Waals surface area contributed by atoms with Crippen LogP contribution in [0.4, 0.5) is 0 Å². The van der Waals surface area contributed by atoms with Gasteiger partial charge in [-0.3, -0.25) is 0 Å². The smallest absolute Gasteiger partial charge is 0.147 e. The predicted octanol–water partition coefficient (Wildman–Crippen LogP) is 10.4. The van der Waals surface area contributed by atoms with Crippen molar-refractivity contribution in [2.75, 3.05) is 0 Å². The molecule has 2 aliphatic carbocycles. The Kier molecular flexibility index (Phi) is 7.77.